The van der Waals surface area contributed by atoms with Gasteiger partial charge in [-0.15, -0.1) is 5.10 Å². The van der Waals surface area contributed by atoms with Crippen LogP contribution in [0.4, 0.5) is 0 Å². The summed E-state index contributed by atoms with van der Waals surface area (Å²) in [5.41, 5.74) is 0.689. The molecular weight excluding hydrogens is 247 g/mol. The molecule has 2 aromatic heterocycles. The Labute approximate surface area is 80.7 Å². The van der Waals surface area contributed by atoms with Gasteiger partial charge in [0, 0.05) is 0 Å². The summed E-state index contributed by atoms with van der Waals surface area (Å²) in [4.78, 5) is 0. The van der Waals surface area contributed by atoms with Crippen molar-refractivity contribution in [2.75, 3.05) is 0 Å². The van der Waals surface area contributed by atoms with E-state index in [1.165, 1.54) is 6.26 Å². The van der Waals surface area contributed by atoms with E-state index in [-0.39, 0.29) is 5.35 Å². The van der Waals surface area contributed by atoms with Crippen molar-refractivity contribution in [3.63, 3.8) is 0 Å². The lowest BCUT2D eigenvalue weighted by Gasteiger charge is -1.85. The molecule has 62 valence electrons. The third-order valence-corrected chi connectivity index (χ3v) is 2.02. The second kappa shape index (κ2) is 2.91. The van der Waals surface area contributed by atoms with Gasteiger partial charge in [-0.3, -0.25) is 0 Å². The van der Waals surface area contributed by atoms with E-state index in [0.29, 0.717) is 16.1 Å². The molecule has 0 aliphatic rings. The Morgan fingerprint density at radius 3 is 2.75 bits per heavy atom. The third kappa shape index (κ3) is 1.25. The van der Waals surface area contributed by atoms with Crippen molar-refractivity contribution in [1.29, 1.82) is 0 Å². The summed E-state index contributed by atoms with van der Waals surface area (Å²) >= 11 is 8.62. The molecule has 2 aromatic rings. The summed E-state index contributed by atoms with van der Waals surface area (Å²) < 4.78 is 10.5. The highest BCUT2D eigenvalue weighted by atomic mass is 79.9. The first-order valence-electron chi connectivity index (χ1n) is 3.00. The first-order chi connectivity index (χ1) is 5.77. The van der Waals surface area contributed by atoms with Gasteiger partial charge in [0.1, 0.15) is 0 Å². The highest BCUT2D eigenvalue weighted by Crippen LogP contribution is 2.28. The molecule has 2 rings (SSSR count). The Balaban J connectivity index is 2.50. The van der Waals surface area contributed by atoms with Gasteiger partial charge in [0.2, 0.25) is 0 Å². The first-order valence-corrected chi connectivity index (χ1v) is 4.17. The van der Waals surface area contributed by atoms with Gasteiger partial charge >= 0.3 is 5.35 Å². The van der Waals surface area contributed by atoms with Gasteiger partial charge in [-0.2, -0.15) is 0 Å². The highest BCUT2D eigenvalue weighted by molar-refractivity contribution is 9.10. The second-order valence-corrected chi connectivity index (χ2v) is 3.01. The molecule has 6 heteroatoms. The van der Waals surface area contributed by atoms with Gasteiger partial charge in [0.25, 0.3) is 5.89 Å². The Morgan fingerprint density at radius 2 is 2.25 bits per heavy atom. The van der Waals surface area contributed by atoms with Crippen molar-refractivity contribution in [3.8, 4) is 11.5 Å². The monoisotopic (exact) mass is 248 g/mol. The zero-order valence-corrected chi connectivity index (χ0v) is 7.96. The fourth-order valence-corrected chi connectivity index (χ4v) is 1.28. The molecule has 0 aliphatic carbocycles. The second-order valence-electron chi connectivity index (χ2n) is 1.97. The predicted octanol–water partition coefficient (Wildman–Crippen LogP) is 2.75. The predicted molar refractivity (Wildman–Crippen MR) is 44.7 cm³/mol. The van der Waals surface area contributed by atoms with E-state index in [2.05, 4.69) is 26.1 Å². The lowest BCUT2D eigenvalue weighted by atomic mass is 10.3. The fourth-order valence-electron chi connectivity index (χ4n) is 0.760. The van der Waals surface area contributed by atoms with Crippen LogP contribution in [-0.4, -0.2) is 10.2 Å². The van der Waals surface area contributed by atoms with Crippen LogP contribution >= 0.6 is 27.5 Å². The van der Waals surface area contributed by atoms with E-state index >= 15 is 0 Å². The molecule has 4 nitrogen and oxygen atoms in total. The Kier molecular flexibility index (Phi) is 1.90. The zero-order valence-electron chi connectivity index (χ0n) is 5.62. The number of halogens is 2. The van der Waals surface area contributed by atoms with Crippen molar-refractivity contribution in [3.05, 3.63) is 22.3 Å². The Hall–Kier alpha value is -0.810. The highest BCUT2D eigenvalue weighted by Gasteiger charge is 2.12. The van der Waals surface area contributed by atoms with Crippen molar-refractivity contribution < 1.29 is 8.83 Å². The van der Waals surface area contributed by atoms with Crippen LogP contribution in [0.3, 0.4) is 0 Å². The standard InChI is InChI=1S/C6H2BrClN2O2/c7-4-3(1-2-11-4)5-9-10-6(8)12-5/h1-2H. The minimum Gasteiger partial charge on any atom is -0.457 e. The van der Waals surface area contributed by atoms with Crippen LogP contribution in [0.15, 0.2) is 25.8 Å². The number of nitrogens with zero attached hydrogens (tertiary/aromatic N) is 2. The van der Waals surface area contributed by atoms with E-state index in [9.17, 15) is 0 Å². The van der Waals surface area contributed by atoms with Crippen LogP contribution in [-0.2, 0) is 0 Å². The van der Waals surface area contributed by atoms with Gasteiger partial charge in [-0.05, 0) is 33.6 Å². The first kappa shape index (κ1) is 7.82. The average molecular weight is 249 g/mol. The minimum atomic E-state index is 0.0121. The average Bonchev–Trinajstić information content (AvgIpc) is 2.58. The van der Waals surface area contributed by atoms with E-state index < -0.39 is 0 Å². The number of rotatable bonds is 1. The molecule has 0 bridgehead atoms. The number of hydrogen-bond acceptors (Lipinski definition) is 4. The molecule has 0 aliphatic heterocycles. The minimum absolute atomic E-state index is 0.0121. The molecule has 0 aromatic carbocycles. The van der Waals surface area contributed by atoms with Gasteiger partial charge in [-0.25, -0.2) is 0 Å². The largest absolute Gasteiger partial charge is 0.457 e. The number of furan rings is 1. The topological polar surface area (TPSA) is 52.1 Å². The summed E-state index contributed by atoms with van der Waals surface area (Å²) in [6, 6.07) is 1.70. The molecule has 0 spiro atoms. The molecule has 0 unspecified atom stereocenters. The van der Waals surface area contributed by atoms with Crippen LogP contribution in [0, 0.1) is 0 Å². The van der Waals surface area contributed by atoms with Crippen LogP contribution in [0.25, 0.3) is 11.5 Å². The van der Waals surface area contributed by atoms with Crippen LogP contribution < -0.4 is 0 Å². The molecule has 0 saturated heterocycles. The summed E-state index contributed by atoms with van der Waals surface area (Å²) in [6.45, 7) is 0. The van der Waals surface area contributed by atoms with E-state index in [1.807, 2.05) is 0 Å². The third-order valence-electron chi connectivity index (χ3n) is 1.25. The SMILES string of the molecule is Clc1nnc(-c2ccoc2Br)o1. The molecule has 12 heavy (non-hydrogen) atoms. The molecule has 0 fully saturated rings. The lowest BCUT2D eigenvalue weighted by molar-refractivity contribution is 0.535. The Bertz CT molecular complexity index is 398. The molecule has 0 N–H and O–H groups in total. The zero-order chi connectivity index (χ0) is 8.55. The van der Waals surface area contributed by atoms with E-state index in [0.717, 1.165) is 0 Å². The maximum Gasteiger partial charge on any atom is 0.313 e. The van der Waals surface area contributed by atoms with Crippen molar-refractivity contribution >= 4 is 27.5 Å². The number of aromatic nitrogens is 2. The number of hydrogen-bond donors (Lipinski definition) is 0. The van der Waals surface area contributed by atoms with Crippen LogP contribution in [0.5, 0.6) is 0 Å². The molecule has 0 radical (unpaired) electrons. The maximum absolute atomic E-state index is 5.44. The molecule has 2 heterocycles. The summed E-state index contributed by atoms with van der Waals surface area (Å²) in [6.07, 6.45) is 1.51. The van der Waals surface area contributed by atoms with Crippen LogP contribution in [0.2, 0.25) is 5.35 Å². The lowest BCUT2D eigenvalue weighted by Crippen LogP contribution is -1.73. The van der Waals surface area contributed by atoms with Crippen molar-refractivity contribution in [2.24, 2.45) is 0 Å². The quantitative estimate of drug-likeness (QED) is 0.780. The molecular formula is C6H2BrClN2O2. The van der Waals surface area contributed by atoms with Crippen molar-refractivity contribution in [2.45, 2.75) is 0 Å². The summed E-state index contributed by atoms with van der Waals surface area (Å²) in [5, 5.41) is 7.19. The Morgan fingerprint density at radius 1 is 1.42 bits per heavy atom. The van der Waals surface area contributed by atoms with Gasteiger partial charge in [0.05, 0.1) is 11.8 Å². The maximum atomic E-state index is 5.44. The van der Waals surface area contributed by atoms with E-state index in [4.69, 9.17) is 20.4 Å². The molecule has 0 atom stereocenters. The summed E-state index contributed by atoms with van der Waals surface area (Å²) in [7, 11) is 0. The molecule has 0 amide bonds. The smallest absolute Gasteiger partial charge is 0.313 e. The van der Waals surface area contributed by atoms with Gasteiger partial charge in [-0.1, -0.05) is 5.10 Å². The van der Waals surface area contributed by atoms with Crippen LogP contribution in [0.1, 0.15) is 0 Å². The molecule has 0 saturated carbocycles. The van der Waals surface area contributed by atoms with Crippen molar-refractivity contribution in [1.82, 2.24) is 10.2 Å². The van der Waals surface area contributed by atoms with E-state index in [1.54, 1.807) is 6.07 Å². The fraction of sp³-hybridized carbons (Fsp3) is 0. The summed E-state index contributed by atoms with van der Waals surface area (Å²) in [5.74, 6) is 0.334. The van der Waals surface area contributed by atoms with Gasteiger partial charge in [0.15, 0.2) is 4.67 Å². The normalized spacial score (nSPS) is 10.5. The van der Waals surface area contributed by atoms with Gasteiger partial charge < -0.3 is 8.83 Å².